The molecule has 2 aromatic rings. The molecule has 0 bridgehead atoms. The summed E-state index contributed by atoms with van der Waals surface area (Å²) in [7, 11) is 0. The van der Waals surface area contributed by atoms with Crippen molar-refractivity contribution in [3.63, 3.8) is 0 Å². The molecule has 1 aliphatic rings. The lowest BCUT2D eigenvalue weighted by Gasteiger charge is -2.23. The fourth-order valence-electron chi connectivity index (χ4n) is 4.37. The Labute approximate surface area is 236 Å². The molecular weight excluding hydrogens is 508 g/mol. The summed E-state index contributed by atoms with van der Waals surface area (Å²) in [6.45, 7) is 11.1. The number of benzene rings is 2. The van der Waals surface area contributed by atoms with E-state index in [1.54, 1.807) is 18.2 Å². The zero-order chi connectivity index (χ0) is 29.4. The van der Waals surface area contributed by atoms with Gasteiger partial charge in [-0.2, -0.15) is 0 Å². The smallest absolute Gasteiger partial charge is 0.308 e. The number of allylic oxidation sites excluding steroid dienone is 5. The van der Waals surface area contributed by atoms with Gasteiger partial charge in [-0.3, -0.25) is 14.4 Å². The van der Waals surface area contributed by atoms with Gasteiger partial charge in [0.05, 0.1) is 16.9 Å². The van der Waals surface area contributed by atoms with Crippen molar-refractivity contribution < 1.29 is 29.0 Å². The Morgan fingerprint density at radius 3 is 2.17 bits per heavy atom. The Morgan fingerprint density at radius 1 is 0.875 bits per heavy atom. The zero-order valence-electron chi connectivity index (χ0n) is 24.1. The van der Waals surface area contributed by atoms with Gasteiger partial charge in [0.1, 0.15) is 17.2 Å². The van der Waals surface area contributed by atoms with Crippen molar-refractivity contribution in [2.45, 2.75) is 67.2 Å². The fourth-order valence-corrected chi connectivity index (χ4v) is 4.37. The van der Waals surface area contributed by atoms with Crippen LogP contribution in [0.1, 0.15) is 77.6 Å². The highest BCUT2D eigenvalue weighted by molar-refractivity contribution is 6.15. The highest BCUT2D eigenvalue weighted by Gasteiger charge is 2.31. The maximum Gasteiger partial charge on any atom is 0.308 e. The minimum atomic E-state index is -0.594. The second-order valence-electron chi connectivity index (χ2n) is 10.2. The first kappa shape index (κ1) is 30.2. The molecular formula is C32H38N2O6. The molecule has 0 spiro atoms. The molecule has 0 atom stereocenters. The van der Waals surface area contributed by atoms with Crippen LogP contribution in [-0.2, 0) is 9.59 Å². The van der Waals surface area contributed by atoms with Crippen LogP contribution in [0, 0.1) is 0 Å². The number of hydrogen-bond donors (Lipinski definition) is 2. The van der Waals surface area contributed by atoms with E-state index in [1.165, 1.54) is 42.0 Å². The number of hydrogen-bond acceptors (Lipinski definition) is 7. The third kappa shape index (κ3) is 8.09. The van der Waals surface area contributed by atoms with Gasteiger partial charge in [0.15, 0.2) is 5.75 Å². The molecule has 212 valence electrons. The van der Waals surface area contributed by atoms with E-state index in [1.807, 2.05) is 13.0 Å². The highest BCUT2D eigenvalue weighted by atomic mass is 16.5. The van der Waals surface area contributed by atoms with Gasteiger partial charge in [-0.25, -0.2) is 0 Å². The Balaban J connectivity index is 1.96. The zero-order valence-corrected chi connectivity index (χ0v) is 24.1. The van der Waals surface area contributed by atoms with E-state index in [2.05, 4.69) is 38.2 Å². The molecule has 0 unspecified atom stereocenters. The summed E-state index contributed by atoms with van der Waals surface area (Å²) >= 11 is 0. The van der Waals surface area contributed by atoms with Gasteiger partial charge in [0.25, 0.3) is 5.91 Å². The molecule has 1 heterocycles. The molecule has 2 aromatic carbocycles. The molecule has 3 rings (SSSR count). The normalized spacial score (nSPS) is 13.1. The summed E-state index contributed by atoms with van der Waals surface area (Å²) in [4.78, 5) is 39.0. The lowest BCUT2D eigenvalue weighted by atomic mass is 10.1. The predicted octanol–water partition coefficient (Wildman–Crippen LogP) is 7.37. The molecule has 0 saturated heterocycles. The van der Waals surface area contributed by atoms with Gasteiger partial charge in [-0.05, 0) is 65.5 Å². The third-order valence-corrected chi connectivity index (χ3v) is 6.37. The van der Waals surface area contributed by atoms with E-state index in [-0.39, 0.29) is 41.0 Å². The van der Waals surface area contributed by atoms with Crippen molar-refractivity contribution in [1.82, 2.24) is 0 Å². The molecule has 0 fully saturated rings. The lowest BCUT2D eigenvalue weighted by molar-refractivity contribution is -0.132. The van der Waals surface area contributed by atoms with Crippen molar-refractivity contribution in [3.05, 3.63) is 70.8 Å². The summed E-state index contributed by atoms with van der Waals surface area (Å²) in [6.07, 6.45) is 10.3. The Hall–Kier alpha value is -4.33. The van der Waals surface area contributed by atoms with Crippen LogP contribution in [0.5, 0.6) is 17.2 Å². The van der Waals surface area contributed by atoms with Crippen molar-refractivity contribution in [1.29, 1.82) is 0 Å². The molecule has 1 aliphatic heterocycles. The molecule has 1 amide bonds. The first-order chi connectivity index (χ1) is 19.0. The quantitative estimate of drug-likeness (QED) is 0.139. The SMILES string of the molecule is CC(=O)Oc1cc(OC(C)=O)c2c(c1)N(CC=C(C)CCC=C(C)CCC=C(C)C)C(=O)c1cccc(O)c1N2. The van der Waals surface area contributed by atoms with Crippen LogP contribution in [0.3, 0.4) is 0 Å². The molecule has 0 aromatic heterocycles. The van der Waals surface area contributed by atoms with E-state index in [9.17, 15) is 19.5 Å². The number of amides is 1. The third-order valence-electron chi connectivity index (χ3n) is 6.37. The number of carbonyl (C=O) groups is 3. The second kappa shape index (κ2) is 13.6. The number of phenolic OH excluding ortho intramolecular Hbond substituents is 1. The van der Waals surface area contributed by atoms with Crippen molar-refractivity contribution in [2.24, 2.45) is 0 Å². The summed E-state index contributed by atoms with van der Waals surface area (Å²) in [5, 5.41) is 13.6. The van der Waals surface area contributed by atoms with E-state index >= 15 is 0 Å². The standard InChI is InChI=1S/C32H38N2O6/c1-20(2)10-7-11-21(3)12-8-13-22(4)16-17-34-27-18-25(39-23(5)35)19-29(40-24(6)36)31(27)33-30-26(32(34)38)14-9-15-28(30)37/h9-10,12,14-16,18-19,33,37H,7-8,11,13,17H2,1-6H3. The fraction of sp³-hybridized carbons (Fsp3) is 0.344. The van der Waals surface area contributed by atoms with E-state index in [4.69, 9.17) is 9.47 Å². The van der Waals surface area contributed by atoms with E-state index in [0.29, 0.717) is 11.4 Å². The first-order valence-electron chi connectivity index (χ1n) is 13.4. The average Bonchev–Trinajstić information content (AvgIpc) is 2.97. The number of anilines is 3. The number of rotatable bonds is 10. The van der Waals surface area contributed by atoms with Crippen LogP contribution in [0.15, 0.2) is 65.3 Å². The van der Waals surface area contributed by atoms with Crippen LogP contribution in [0.4, 0.5) is 17.1 Å². The monoisotopic (exact) mass is 546 g/mol. The van der Waals surface area contributed by atoms with Gasteiger partial charge < -0.3 is 24.8 Å². The first-order valence-corrected chi connectivity index (χ1v) is 13.4. The van der Waals surface area contributed by atoms with Gasteiger partial charge in [-0.1, -0.05) is 41.0 Å². The van der Waals surface area contributed by atoms with Gasteiger partial charge in [0.2, 0.25) is 0 Å². The number of nitrogens with zero attached hydrogens (tertiary/aromatic N) is 1. The molecule has 0 radical (unpaired) electrons. The summed E-state index contributed by atoms with van der Waals surface area (Å²) < 4.78 is 10.7. The van der Waals surface area contributed by atoms with Crippen LogP contribution in [0.25, 0.3) is 0 Å². The summed E-state index contributed by atoms with van der Waals surface area (Å²) in [5.41, 5.74) is 4.85. The van der Waals surface area contributed by atoms with Crippen molar-refractivity contribution >= 4 is 34.9 Å². The summed E-state index contributed by atoms with van der Waals surface area (Å²) in [6, 6.07) is 7.61. The van der Waals surface area contributed by atoms with Crippen LogP contribution in [0.2, 0.25) is 0 Å². The second-order valence-corrected chi connectivity index (χ2v) is 10.2. The minimum absolute atomic E-state index is 0.0598. The van der Waals surface area contributed by atoms with Crippen molar-refractivity contribution in [2.75, 3.05) is 16.8 Å². The average molecular weight is 547 g/mol. The maximum atomic E-state index is 13.8. The number of aromatic hydroxyl groups is 1. The number of nitrogens with one attached hydrogen (secondary N) is 1. The number of carbonyl (C=O) groups excluding carboxylic acids is 3. The van der Waals surface area contributed by atoms with Crippen LogP contribution < -0.4 is 19.7 Å². The molecule has 40 heavy (non-hydrogen) atoms. The van der Waals surface area contributed by atoms with Gasteiger partial charge >= 0.3 is 11.9 Å². The predicted molar refractivity (Wildman–Crippen MR) is 158 cm³/mol. The molecule has 0 aliphatic carbocycles. The number of fused-ring (bicyclic) bond motifs is 2. The largest absolute Gasteiger partial charge is 0.506 e. The van der Waals surface area contributed by atoms with Crippen molar-refractivity contribution in [3.8, 4) is 17.2 Å². The molecule has 0 saturated carbocycles. The number of esters is 2. The Kier molecular flexibility index (Phi) is 10.3. The molecule has 8 nitrogen and oxygen atoms in total. The maximum absolute atomic E-state index is 13.8. The summed E-state index contributed by atoms with van der Waals surface area (Å²) in [5.74, 6) is -1.48. The van der Waals surface area contributed by atoms with Gasteiger partial charge in [-0.15, -0.1) is 0 Å². The number of para-hydroxylation sites is 1. The highest BCUT2D eigenvalue weighted by Crippen LogP contribution is 2.46. The number of ether oxygens (including phenoxy) is 2. The molecule has 8 heteroatoms. The lowest BCUT2D eigenvalue weighted by Crippen LogP contribution is -2.30. The van der Waals surface area contributed by atoms with Crippen LogP contribution in [-0.4, -0.2) is 29.5 Å². The van der Waals surface area contributed by atoms with E-state index in [0.717, 1.165) is 31.3 Å². The van der Waals surface area contributed by atoms with Crippen LogP contribution >= 0.6 is 0 Å². The molecule has 2 N–H and O–H groups in total. The Bertz CT molecular complexity index is 1380. The van der Waals surface area contributed by atoms with E-state index < -0.39 is 11.9 Å². The Morgan fingerprint density at radius 2 is 1.52 bits per heavy atom. The topological polar surface area (TPSA) is 105 Å². The van der Waals surface area contributed by atoms with Gasteiger partial charge in [0, 0.05) is 32.5 Å². The minimum Gasteiger partial charge on any atom is -0.506 e. The number of phenols is 1.